The van der Waals surface area contributed by atoms with Crippen LogP contribution in [0.5, 0.6) is 0 Å². The third-order valence-electron chi connectivity index (χ3n) is 5.34. The second-order valence-corrected chi connectivity index (χ2v) is 8.24. The van der Waals surface area contributed by atoms with Crippen molar-refractivity contribution in [2.75, 3.05) is 0 Å². The van der Waals surface area contributed by atoms with Crippen molar-refractivity contribution in [1.82, 2.24) is 16.0 Å². The number of hydrogen-bond donors (Lipinski definition) is 8. The number of nitrogens with one attached hydrogen (secondary N) is 3. The zero-order valence-corrected chi connectivity index (χ0v) is 20.1. The summed E-state index contributed by atoms with van der Waals surface area (Å²) in [7, 11) is 0. The summed E-state index contributed by atoms with van der Waals surface area (Å²) in [5.41, 5.74) is 5.69. The lowest BCUT2D eigenvalue weighted by atomic mass is 9.96. The number of hydrogen-bond acceptors (Lipinski definition) is 8. The molecule has 36 heavy (non-hydrogen) atoms. The van der Waals surface area contributed by atoms with E-state index in [0.29, 0.717) is 6.42 Å². The fraction of sp³-hybridized carbons (Fsp3) is 0.667. The Kier molecular flexibility index (Phi) is 14.4. The van der Waals surface area contributed by atoms with Crippen LogP contribution in [0.25, 0.3) is 0 Å². The number of carboxylic acids is 4. The van der Waals surface area contributed by atoms with E-state index in [9.17, 15) is 38.7 Å². The lowest BCUT2D eigenvalue weighted by molar-refractivity contribution is -0.144. The molecular weight excluding hydrogens is 484 g/mol. The van der Waals surface area contributed by atoms with Gasteiger partial charge in [0.05, 0.1) is 6.04 Å². The molecule has 0 radical (unpaired) electrons. The van der Waals surface area contributed by atoms with Gasteiger partial charge in [-0.1, -0.05) is 20.3 Å². The molecule has 5 unspecified atom stereocenters. The predicted octanol–water partition coefficient (Wildman–Crippen LogP) is -1.51. The number of carboxylic acid groups (broad SMARTS) is 4. The highest BCUT2D eigenvalue weighted by molar-refractivity contribution is 5.94. The van der Waals surface area contributed by atoms with Gasteiger partial charge in [-0.15, -0.1) is 0 Å². The van der Waals surface area contributed by atoms with Gasteiger partial charge in [0.2, 0.25) is 17.7 Å². The summed E-state index contributed by atoms with van der Waals surface area (Å²) < 4.78 is 0. The third-order valence-corrected chi connectivity index (χ3v) is 5.34. The van der Waals surface area contributed by atoms with Gasteiger partial charge in [0.1, 0.15) is 18.1 Å². The lowest BCUT2D eigenvalue weighted by Crippen LogP contribution is -2.58. The van der Waals surface area contributed by atoms with Crippen LogP contribution in [0.1, 0.15) is 58.8 Å². The average Bonchev–Trinajstić information content (AvgIpc) is 2.79. The Labute approximate surface area is 206 Å². The smallest absolute Gasteiger partial charge is 0.326 e. The molecule has 0 aliphatic heterocycles. The molecule has 0 aliphatic rings. The normalized spacial score (nSPS) is 14.9. The van der Waals surface area contributed by atoms with Gasteiger partial charge in [0, 0.05) is 19.3 Å². The molecule has 3 amide bonds. The molecule has 0 saturated heterocycles. The minimum atomic E-state index is -1.60. The second-order valence-electron chi connectivity index (χ2n) is 8.24. The van der Waals surface area contributed by atoms with Crippen LogP contribution in [0.3, 0.4) is 0 Å². The van der Waals surface area contributed by atoms with E-state index >= 15 is 0 Å². The Bertz CT molecular complexity index is 833. The standard InChI is InChI=1S/C21H34N4O11/c1-3-10(2)17(25-18(32)11(22)4-7-14(26)27)20(34)23-12(5-8-15(28)29)19(33)24-13(21(35)36)6-9-16(30)31/h10-13,17H,3-9,22H2,1-2H3,(H,23,34)(H,24,33)(H,25,32)(H,26,27)(H,28,29)(H,30,31)(H,35,36). The Balaban J connectivity index is 5.61. The Morgan fingerprint density at radius 1 is 0.667 bits per heavy atom. The number of nitrogens with two attached hydrogens (primary N) is 1. The van der Waals surface area contributed by atoms with E-state index in [4.69, 9.17) is 21.1 Å². The van der Waals surface area contributed by atoms with Crippen LogP contribution in [-0.4, -0.2) is 86.2 Å². The molecule has 5 atom stereocenters. The second kappa shape index (κ2) is 16.0. The van der Waals surface area contributed by atoms with Crippen molar-refractivity contribution in [2.24, 2.45) is 11.7 Å². The molecule has 0 aromatic carbocycles. The molecule has 15 nitrogen and oxygen atoms in total. The molecule has 0 spiro atoms. The topological polar surface area (TPSA) is 263 Å². The van der Waals surface area contributed by atoms with Gasteiger partial charge < -0.3 is 42.1 Å². The molecule has 15 heteroatoms. The molecule has 0 rings (SSSR count). The molecule has 0 saturated carbocycles. The van der Waals surface area contributed by atoms with E-state index in [0.717, 1.165) is 0 Å². The highest BCUT2D eigenvalue weighted by Gasteiger charge is 2.32. The highest BCUT2D eigenvalue weighted by atomic mass is 16.4. The number of carbonyl (C=O) groups is 7. The first-order valence-corrected chi connectivity index (χ1v) is 11.2. The van der Waals surface area contributed by atoms with E-state index in [-0.39, 0.29) is 12.8 Å². The summed E-state index contributed by atoms with van der Waals surface area (Å²) >= 11 is 0. The molecular formula is C21H34N4O11. The minimum Gasteiger partial charge on any atom is -0.481 e. The van der Waals surface area contributed by atoms with Gasteiger partial charge >= 0.3 is 23.9 Å². The number of rotatable bonds is 18. The Morgan fingerprint density at radius 2 is 1.11 bits per heavy atom. The maximum atomic E-state index is 13.0. The summed E-state index contributed by atoms with van der Waals surface area (Å²) in [5, 5.41) is 42.6. The molecule has 204 valence electrons. The van der Waals surface area contributed by atoms with Crippen molar-refractivity contribution in [3.63, 3.8) is 0 Å². The molecule has 0 bridgehead atoms. The SMILES string of the molecule is CCC(C)C(NC(=O)C(N)CCC(=O)O)C(=O)NC(CCC(=O)O)C(=O)NC(CCC(=O)O)C(=O)O. The quantitative estimate of drug-likeness (QED) is 0.103. The van der Waals surface area contributed by atoms with Crippen molar-refractivity contribution >= 4 is 41.6 Å². The zero-order chi connectivity index (χ0) is 28.0. The van der Waals surface area contributed by atoms with Crippen LogP contribution < -0.4 is 21.7 Å². The number of carbonyl (C=O) groups excluding carboxylic acids is 3. The first-order chi connectivity index (χ1) is 16.7. The van der Waals surface area contributed by atoms with Crippen molar-refractivity contribution in [1.29, 1.82) is 0 Å². The largest absolute Gasteiger partial charge is 0.481 e. The highest BCUT2D eigenvalue weighted by Crippen LogP contribution is 2.11. The Morgan fingerprint density at radius 3 is 1.56 bits per heavy atom. The van der Waals surface area contributed by atoms with Gasteiger partial charge in [-0.25, -0.2) is 4.79 Å². The third kappa shape index (κ3) is 12.6. The van der Waals surface area contributed by atoms with Gasteiger partial charge in [-0.05, 0) is 25.2 Å². The molecule has 0 aliphatic carbocycles. The fourth-order valence-corrected chi connectivity index (χ4v) is 2.97. The molecule has 0 aromatic rings. The maximum absolute atomic E-state index is 13.0. The van der Waals surface area contributed by atoms with Crippen LogP contribution in [0.4, 0.5) is 0 Å². The Hall–Kier alpha value is -3.75. The maximum Gasteiger partial charge on any atom is 0.326 e. The van der Waals surface area contributed by atoms with Crippen molar-refractivity contribution < 1.29 is 54.0 Å². The molecule has 0 heterocycles. The zero-order valence-electron chi connectivity index (χ0n) is 20.1. The molecule has 0 aromatic heterocycles. The van der Waals surface area contributed by atoms with Crippen LogP contribution >= 0.6 is 0 Å². The van der Waals surface area contributed by atoms with Gasteiger partial charge in [0.15, 0.2) is 0 Å². The molecule has 9 N–H and O–H groups in total. The first kappa shape index (κ1) is 32.2. The van der Waals surface area contributed by atoms with E-state index in [1.54, 1.807) is 13.8 Å². The van der Waals surface area contributed by atoms with Gasteiger partial charge in [-0.3, -0.25) is 28.8 Å². The van der Waals surface area contributed by atoms with Crippen LogP contribution in [0.15, 0.2) is 0 Å². The number of aliphatic carboxylic acids is 4. The number of amides is 3. The average molecular weight is 519 g/mol. The predicted molar refractivity (Wildman–Crippen MR) is 121 cm³/mol. The van der Waals surface area contributed by atoms with E-state index in [2.05, 4.69) is 16.0 Å². The fourth-order valence-electron chi connectivity index (χ4n) is 2.97. The van der Waals surface area contributed by atoms with Gasteiger partial charge in [0.25, 0.3) is 0 Å². The summed E-state index contributed by atoms with van der Waals surface area (Å²) in [6, 6.07) is -5.56. The summed E-state index contributed by atoms with van der Waals surface area (Å²) in [4.78, 5) is 81.9. The summed E-state index contributed by atoms with van der Waals surface area (Å²) in [6.07, 6.45) is -2.16. The van der Waals surface area contributed by atoms with Crippen LogP contribution in [0, 0.1) is 5.92 Å². The van der Waals surface area contributed by atoms with E-state index in [1.165, 1.54) is 0 Å². The summed E-state index contributed by atoms with van der Waals surface area (Å²) in [6.45, 7) is 3.34. The monoisotopic (exact) mass is 518 g/mol. The van der Waals surface area contributed by atoms with Crippen molar-refractivity contribution in [3.05, 3.63) is 0 Å². The summed E-state index contributed by atoms with van der Waals surface area (Å²) in [5.74, 6) is -8.47. The van der Waals surface area contributed by atoms with E-state index < -0.39 is 97.4 Å². The first-order valence-electron chi connectivity index (χ1n) is 11.2. The van der Waals surface area contributed by atoms with Crippen LogP contribution in [-0.2, 0) is 33.6 Å². The van der Waals surface area contributed by atoms with Crippen LogP contribution in [0.2, 0.25) is 0 Å². The lowest BCUT2D eigenvalue weighted by Gasteiger charge is -2.27. The molecule has 0 fully saturated rings. The van der Waals surface area contributed by atoms with Gasteiger partial charge in [-0.2, -0.15) is 0 Å². The minimum absolute atomic E-state index is 0.188. The van der Waals surface area contributed by atoms with Crippen molar-refractivity contribution in [2.45, 2.75) is 83.0 Å². The van der Waals surface area contributed by atoms with Crippen molar-refractivity contribution in [3.8, 4) is 0 Å². The van der Waals surface area contributed by atoms with E-state index in [1.807, 2.05) is 0 Å².